The third kappa shape index (κ3) is 4.06. The molecule has 0 saturated heterocycles. The largest absolute Gasteiger partial charge is 0.492 e. The van der Waals surface area contributed by atoms with Crippen molar-refractivity contribution in [3.8, 4) is 5.75 Å². The van der Waals surface area contributed by atoms with Gasteiger partial charge in [-0.2, -0.15) is 0 Å². The Bertz CT molecular complexity index is 397. The molecule has 1 aromatic carbocycles. The maximum Gasteiger partial charge on any atom is 0.342 e. The summed E-state index contributed by atoms with van der Waals surface area (Å²) in [5.41, 5.74) is 1.48. The molecule has 1 aromatic rings. The van der Waals surface area contributed by atoms with Gasteiger partial charge < -0.3 is 9.47 Å². The summed E-state index contributed by atoms with van der Waals surface area (Å²) in [6, 6.07) is 5.53. The fourth-order valence-electron chi connectivity index (χ4n) is 1.60. The summed E-state index contributed by atoms with van der Waals surface area (Å²) in [7, 11) is 0. The molecule has 0 fully saturated rings. The quantitative estimate of drug-likeness (QED) is 0.570. The van der Waals surface area contributed by atoms with Crippen molar-refractivity contribution in [2.45, 2.75) is 46.6 Å². The minimum absolute atomic E-state index is 0.124. The molecular formula is C15H22O3. The molecule has 0 bridgehead atoms. The highest BCUT2D eigenvalue weighted by Crippen LogP contribution is 2.24. The Balaban J connectivity index is 2.89. The molecule has 100 valence electrons. The first kappa shape index (κ1) is 14.6. The standard InChI is InChI=1S/C15H22O3/c1-5-6-10-17-14-12(4)8-7-9-13(14)15(16)18-11(2)3/h7-9,11H,5-6,10H2,1-4H3. The second-order valence-electron chi connectivity index (χ2n) is 4.61. The lowest BCUT2D eigenvalue weighted by Gasteiger charge is -2.14. The summed E-state index contributed by atoms with van der Waals surface area (Å²) in [5.74, 6) is 0.330. The van der Waals surface area contributed by atoms with Crippen molar-refractivity contribution < 1.29 is 14.3 Å². The zero-order chi connectivity index (χ0) is 13.5. The molecule has 0 N–H and O–H groups in total. The van der Waals surface area contributed by atoms with Crippen LogP contribution in [0.2, 0.25) is 0 Å². The van der Waals surface area contributed by atoms with Crippen molar-refractivity contribution in [1.82, 2.24) is 0 Å². The van der Waals surface area contributed by atoms with Gasteiger partial charge in [0.15, 0.2) is 0 Å². The Morgan fingerprint density at radius 2 is 2.06 bits per heavy atom. The Labute approximate surface area is 109 Å². The number of unbranched alkanes of at least 4 members (excludes halogenated alkanes) is 1. The highest BCUT2D eigenvalue weighted by molar-refractivity contribution is 5.93. The first-order chi connectivity index (χ1) is 8.56. The van der Waals surface area contributed by atoms with Gasteiger partial charge in [-0.05, 0) is 38.8 Å². The van der Waals surface area contributed by atoms with Crippen LogP contribution in [-0.4, -0.2) is 18.7 Å². The Hall–Kier alpha value is -1.51. The molecule has 0 amide bonds. The molecule has 18 heavy (non-hydrogen) atoms. The molecule has 0 heterocycles. The van der Waals surface area contributed by atoms with Crippen LogP contribution in [0.25, 0.3) is 0 Å². The number of rotatable bonds is 6. The zero-order valence-corrected chi connectivity index (χ0v) is 11.7. The summed E-state index contributed by atoms with van der Waals surface area (Å²) >= 11 is 0. The fraction of sp³-hybridized carbons (Fsp3) is 0.533. The van der Waals surface area contributed by atoms with Gasteiger partial charge in [-0.1, -0.05) is 25.5 Å². The van der Waals surface area contributed by atoms with Crippen LogP contribution in [0.3, 0.4) is 0 Å². The number of hydrogen-bond acceptors (Lipinski definition) is 3. The smallest absolute Gasteiger partial charge is 0.342 e. The summed E-state index contributed by atoms with van der Waals surface area (Å²) in [4.78, 5) is 12.0. The van der Waals surface area contributed by atoms with Crippen LogP contribution in [0.5, 0.6) is 5.75 Å². The minimum atomic E-state index is -0.319. The van der Waals surface area contributed by atoms with Gasteiger partial charge in [0, 0.05) is 0 Å². The molecule has 0 spiro atoms. The molecule has 0 saturated carbocycles. The van der Waals surface area contributed by atoms with Gasteiger partial charge in [0.2, 0.25) is 0 Å². The van der Waals surface area contributed by atoms with Gasteiger partial charge in [0.25, 0.3) is 0 Å². The van der Waals surface area contributed by atoms with Crippen LogP contribution in [0, 0.1) is 6.92 Å². The Morgan fingerprint density at radius 3 is 2.67 bits per heavy atom. The molecule has 0 aliphatic rings. The monoisotopic (exact) mass is 250 g/mol. The number of ether oxygens (including phenoxy) is 2. The highest BCUT2D eigenvalue weighted by Gasteiger charge is 2.16. The molecular weight excluding hydrogens is 228 g/mol. The predicted octanol–water partition coefficient (Wildman–Crippen LogP) is 3.74. The average Bonchev–Trinajstić information content (AvgIpc) is 2.30. The molecule has 0 unspecified atom stereocenters. The number of aryl methyl sites for hydroxylation is 1. The van der Waals surface area contributed by atoms with E-state index in [1.54, 1.807) is 6.07 Å². The number of benzene rings is 1. The third-order valence-electron chi connectivity index (χ3n) is 2.52. The van der Waals surface area contributed by atoms with Crippen LogP contribution >= 0.6 is 0 Å². The molecule has 1 rings (SSSR count). The molecule has 0 aliphatic heterocycles. The van der Waals surface area contributed by atoms with E-state index in [1.165, 1.54) is 0 Å². The summed E-state index contributed by atoms with van der Waals surface area (Å²) in [6.07, 6.45) is 1.92. The van der Waals surface area contributed by atoms with Crippen molar-refractivity contribution in [3.63, 3.8) is 0 Å². The molecule has 0 aliphatic carbocycles. The van der Waals surface area contributed by atoms with Crippen LogP contribution < -0.4 is 4.74 Å². The first-order valence-electron chi connectivity index (χ1n) is 6.49. The van der Waals surface area contributed by atoms with Crippen molar-refractivity contribution in [2.24, 2.45) is 0 Å². The molecule has 0 atom stereocenters. The van der Waals surface area contributed by atoms with Gasteiger partial charge in [-0.25, -0.2) is 4.79 Å². The topological polar surface area (TPSA) is 35.5 Å². The predicted molar refractivity (Wildman–Crippen MR) is 72.1 cm³/mol. The van der Waals surface area contributed by atoms with Crippen molar-refractivity contribution in [1.29, 1.82) is 0 Å². The van der Waals surface area contributed by atoms with E-state index >= 15 is 0 Å². The highest BCUT2D eigenvalue weighted by atomic mass is 16.5. The number of hydrogen-bond donors (Lipinski definition) is 0. The number of carbonyl (C=O) groups is 1. The van der Waals surface area contributed by atoms with Gasteiger partial charge in [0.1, 0.15) is 11.3 Å². The van der Waals surface area contributed by atoms with E-state index in [1.807, 2.05) is 32.9 Å². The van der Waals surface area contributed by atoms with Crippen molar-refractivity contribution >= 4 is 5.97 Å². The number of esters is 1. The van der Waals surface area contributed by atoms with E-state index in [2.05, 4.69) is 6.92 Å². The lowest BCUT2D eigenvalue weighted by atomic mass is 10.1. The zero-order valence-electron chi connectivity index (χ0n) is 11.7. The third-order valence-corrected chi connectivity index (χ3v) is 2.52. The summed E-state index contributed by atoms with van der Waals surface area (Å²) in [6.45, 7) is 8.35. The normalized spacial score (nSPS) is 10.5. The van der Waals surface area contributed by atoms with Crippen LogP contribution in [0.1, 0.15) is 49.5 Å². The van der Waals surface area contributed by atoms with Crippen LogP contribution in [0.15, 0.2) is 18.2 Å². The van der Waals surface area contributed by atoms with E-state index < -0.39 is 0 Å². The molecule has 3 heteroatoms. The lowest BCUT2D eigenvalue weighted by molar-refractivity contribution is 0.0373. The van der Waals surface area contributed by atoms with Crippen LogP contribution in [-0.2, 0) is 4.74 Å². The van der Waals surface area contributed by atoms with Crippen LogP contribution in [0.4, 0.5) is 0 Å². The van der Waals surface area contributed by atoms with E-state index in [-0.39, 0.29) is 12.1 Å². The summed E-state index contributed by atoms with van der Waals surface area (Å²) in [5, 5.41) is 0. The minimum Gasteiger partial charge on any atom is -0.492 e. The van der Waals surface area contributed by atoms with Crippen molar-refractivity contribution in [3.05, 3.63) is 29.3 Å². The van der Waals surface area contributed by atoms with Gasteiger partial charge in [-0.15, -0.1) is 0 Å². The molecule has 0 aromatic heterocycles. The van der Waals surface area contributed by atoms with Gasteiger partial charge >= 0.3 is 5.97 Å². The van der Waals surface area contributed by atoms with Gasteiger partial charge in [0.05, 0.1) is 12.7 Å². The second kappa shape index (κ2) is 7.04. The maximum absolute atomic E-state index is 12.0. The number of para-hydroxylation sites is 1. The van der Waals surface area contributed by atoms with Crippen molar-refractivity contribution in [2.75, 3.05) is 6.61 Å². The SMILES string of the molecule is CCCCOc1c(C)cccc1C(=O)OC(C)C. The van der Waals surface area contributed by atoms with E-state index in [0.717, 1.165) is 18.4 Å². The van der Waals surface area contributed by atoms with E-state index in [9.17, 15) is 4.79 Å². The lowest BCUT2D eigenvalue weighted by Crippen LogP contribution is -2.14. The second-order valence-corrected chi connectivity index (χ2v) is 4.61. The Morgan fingerprint density at radius 1 is 1.33 bits per heavy atom. The maximum atomic E-state index is 12.0. The molecule has 3 nitrogen and oxygen atoms in total. The summed E-state index contributed by atoms with van der Waals surface area (Å²) < 4.78 is 10.9. The molecule has 0 radical (unpaired) electrons. The average molecular weight is 250 g/mol. The first-order valence-corrected chi connectivity index (χ1v) is 6.49. The van der Waals surface area contributed by atoms with E-state index in [0.29, 0.717) is 17.9 Å². The Kier molecular flexibility index (Phi) is 5.69. The fourth-order valence-corrected chi connectivity index (χ4v) is 1.60. The number of carbonyl (C=O) groups excluding carboxylic acids is 1. The van der Waals surface area contributed by atoms with E-state index in [4.69, 9.17) is 9.47 Å². The van der Waals surface area contributed by atoms with Gasteiger partial charge in [-0.3, -0.25) is 0 Å².